The lowest BCUT2D eigenvalue weighted by Crippen LogP contribution is -2.27. The molecule has 0 aromatic heterocycles. The number of carbonyl (C=O) groups is 1. The molecule has 2 aromatic rings. The minimum Gasteiger partial charge on any atom is -0.497 e. The van der Waals surface area contributed by atoms with E-state index >= 15 is 0 Å². The van der Waals surface area contributed by atoms with E-state index in [1.54, 1.807) is 31.4 Å². The summed E-state index contributed by atoms with van der Waals surface area (Å²) in [4.78, 5) is 11.4. The van der Waals surface area contributed by atoms with Crippen LogP contribution in [-0.2, 0) is 4.79 Å². The molecular weight excluding hydrogens is 360 g/mol. The first kappa shape index (κ1) is 17.5. The smallest absolute Gasteiger partial charge is 0.328 e. The SMILES string of the molecule is COc1ccc(C(O)C(Br)C(=O)Oc2c(C)cccc2C)cc1. The van der Waals surface area contributed by atoms with E-state index in [1.165, 1.54) is 0 Å². The van der Waals surface area contributed by atoms with Crippen molar-refractivity contribution in [3.05, 3.63) is 59.2 Å². The van der Waals surface area contributed by atoms with Crippen LogP contribution >= 0.6 is 15.9 Å². The Bertz CT molecular complexity index is 662. The van der Waals surface area contributed by atoms with Gasteiger partial charge in [-0.15, -0.1) is 0 Å². The van der Waals surface area contributed by atoms with Crippen molar-refractivity contribution in [1.82, 2.24) is 0 Å². The summed E-state index contributed by atoms with van der Waals surface area (Å²) in [7, 11) is 1.57. The number of methoxy groups -OCH3 is 1. The first-order valence-corrected chi connectivity index (χ1v) is 8.09. The van der Waals surface area contributed by atoms with Crippen LogP contribution < -0.4 is 9.47 Å². The molecule has 1 N–H and O–H groups in total. The first-order valence-electron chi connectivity index (χ1n) is 7.18. The average Bonchev–Trinajstić information content (AvgIpc) is 2.57. The number of carbonyl (C=O) groups excluding carboxylic acids is 1. The molecule has 0 radical (unpaired) electrons. The van der Waals surface area contributed by atoms with Crippen molar-refractivity contribution >= 4 is 21.9 Å². The minimum absolute atomic E-state index is 0.531. The zero-order valence-electron chi connectivity index (χ0n) is 13.2. The van der Waals surface area contributed by atoms with Crippen LogP contribution in [0.25, 0.3) is 0 Å². The second-order valence-corrected chi connectivity index (χ2v) is 6.25. The van der Waals surface area contributed by atoms with Gasteiger partial charge < -0.3 is 14.6 Å². The summed E-state index contributed by atoms with van der Waals surface area (Å²) >= 11 is 3.23. The summed E-state index contributed by atoms with van der Waals surface area (Å²) in [5.74, 6) is 0.680. The highest BCUT2D eigenvalue weighted by Crippen LogP contribution is 2.28. The number of alkyl halides is 1. The Hall–Kier alpha value is -1.85. The molecule has 0 fully saturated rings. The van der Waals surface area contributed by atoms with Gasteiger partial charge in [0.25, 0.3) is 0 Å². The lowest BCUT2D eigenvalue weighted by molar-refractivity contribution is -0.135. The number of benzene rings is 2. The highest BCUT2D eigenvalue weighted by atomic mass is 79.9. The number of hydrogen-bond acceptors (Lipinski definition) is 4. The topological polar surface area (TPSA) is 55.8 Å². The van der Waals surface area contributed by atoms with Crippen molar-refractivity contribution in [3.63, 3.8) is 0 Å². The molecule has 0 spiro atoms. The highest BCUT2D eigenvalue weighted by molar-refractivity contribution is 9.10. The van der Waals surface area contributed by atoms with Gasteiger partial charge >= 0.3 is 5.97 Å². The number of aliphatic hydroxyl groups is 1. The number of aliphatic hydroxyl groups excluding tert-OH is 1. The van der Waals surface area contributed by atoms with Crippen molar-refractivity contribution in [1.29, 1.82) is 0 Å². The van der Waals surface area contributed by atoms with Crippen LogP contribution in [0.5, 0.6) is 11.5 Å². The number of para-hydroxylation sites is 1. The van der Waals surface area contributed by atoms with E-state index in [0.717, 1.165) is 11.1 Å². The van der Waals surface area contributed by atoms with Gasteiger partial charge in [0.05, 0.1) is 7.11 Å². The Balaban J connectivity index is 2.12. The molecular formula is C18H19BrO4. The fourth-order valence-electron chi connectivity index (χ4n) is 2.22. The number of esters is 1. The van der Waals surface area contributed by atoms with Crippen LogP contribution in [0, 0.1) is 13.8 Å². The largest absolute Gasteiger partial charge is 0.497 e. The summed E-state index contributed by atoms with van der Waals surface area (Å²) in [6, 6.07) is 12.5. The summed E-state index contributed by atoms with van der Waals surface area (Å²) in [6.45, 7) is 3.75. The maximum absolute atomic E-state index is 12.3. The van der Waals surface area contributed by atoms with Crippen LogP contribution in [0.2, 0.25) is 0 Å². The van der Waals surface area contributed by atoms with Gasteiger partial charge in [0.2, 0.25) is 0 Å². The number of ether oxygens (including phenoxy) is 2. The third kappa shape index (κ3) is 4.12. The molecule has 0 aliphatic rings. The Morgan fingerprint density at radius 3 is 2.17 bits per heavy atom. The summed E-state index contributed by atoms with van der Waals surface area (Å²) in [5.41, 5.74) is 2.35. The molecule has 0 amide bonds. The Morgan fingerprint density at radius 2 is 1.65 bits per heavy atom. The molecule has 0 saturated carbocycles. The van der Waals surface area contributed by atoms with Crippen molar-refractivity contribution in [3.8, 4) is 11.5 Å². The number of halogens is 1. The van der Waals surface area contributed by atoms with E-state index in [4.69, 9.17) is 9.47 Å². The minimum atomic E-state index is -1.02. The molecule has 23 heavy (non-hydrogen) atoms. The molecule has 0 saturated heterocycles. The fraction of sp³-hybridized carbons (Fsp3) is 0.278. The molecule has 2 rings (SSSR count). The van der Waals surface area contributed by atoms with Crippen LogP contribution in [0.15, 0.2) is 42.5 Å². The number of hydrogen-bond donors (Lipinski definition) is 1. The van der Waals surface area contributed by atoms with E-state index in [-0.39, 0.29) is 0 Å². The Labute approximate surface area is 144 Å². The maximum atomic E-state index is 12.3. The zero-order chi connectivity index (χ0) is 17.0. The molecule has 2 atom stereocenters. The maximum Gasteiger partial charge on any atom is 0.328 e. The summed E-state index contributed by atoms with van der Waals surface area (Å²) in [6.07, 6.45) is -1.02. The van der Waals surface area contributed by atoms with Crippen LogP contribution in [-0.4, -0.2) is 23.0 Å². The van der Waals surface area contributed by atoms with E-state index in [0.29, 0.717) is 17.1 Å². The Morgan fingerprint density at radius 1 is 1.09 bits per heavy atom. The monoisotopic (exact) mass is 378 g/mol. The molecule has 0 aliphatic carbocycles. The second kappa shape index (κ2) is 7.62. The van der Waals surface area contributed by atoms with Crippen molar-refractivity contribution in [2.45, 2.75) is 24.8 Å². The molecule has 0 aliphatic heterocycles. The van der Waals surface area contributed by atoms with Gasteiger partial charge in [-0.3, -0.25) is 4.79 Å². The summed E-state index contributed by atoms with van der Waals surface area (Å²) < 4.78 is 10.5. The Kier molecular flexibility index (Phi) is 5.80. The normalized spacial score (nSPS) is 13.3. The van der Waals surface area contributed by atoms with Crippen LogP contribution in [0.4, 0.5) is 0 Å². The van der Waals surface area contributed by atoms with Gasteiger partial charge in [0.1, 0.15) is 22.4 Å². The van der Waals surface area contributed by atoms with Gasteiger partial charge in [0, 0.05) is 0 Å². The van der Waals surface area contributed by atoms with Crippen molar-refractivity contribution in [2.75, 3.05) is 7.11 Å². The average molecular weight is 379 g/mol. The lowest BCUT2D eigenvalue weighted by atomic mass is 10.1. The predicted molar refractivity (Wildman–Crippen MR) is 92.2 cm³/mol. The quantitative estimate of drug-likeness (QED) is 0.489. The molecule has 0 heterocycles. The third-order valence-corrected chi connectivity index (χ3v) is 4.45. The van der Waals surface area contributed by atoms with Crippen molar-refractivity contribution < 1.29 is 19.4 Å². The standard InChI is InChI=1S/C18H19BrO4/c1-11-5-4-6-12(2)17(11)23-18(21)15(19)16(20)13-7-9-14(22-3)10-8-13/h4-10,15-16,20H,1-3H3. The molecule has 122 valence electrons. The molecule has 5 heteroatoms. The van der Waals surface area contributed by atoms with Gasteiger partial charge in [-0.05, 0) is 42.7 Å². The predicted octanol–water partition coefficient (Wildman–Crippen LogP) is 3.71. The van der Waals surface area contributed by atoms with Gasteiger partial charge in [-0.1, -0.05) is 46.3 Å². The molecule has 4 nitrogen and oxygen atoms in total. The second-order valence-electron chi connectivity index (χ2n) is 5.26. The fourth-order valence-corrected chi connectivity index (χ4v) is 2.61. The summed E-state index contributed by atoms with van der Waals surface area (Å²) in [5, 5.41) is 10.4. The lowest BCUT2D eigenvalue weighted by Gasteiger charge is -2.18. The third-order valence-electron chi connectivity index (χ3n) is 3.57. The van der Waals surface area contributed by atoms with E-state index in [9.17, 15) is 9.90 Å². The highest BCUT2D eigenvalue weighted by Gasteiger charge is 2.28. The molecule has 2 aromatic carbocycles. The van der Waals surface area contributed by atoms with Crippen LogP contribution in [0.1, 0.15) is 22.8 Å². The van der Waals surface area contributed by atoms with Crippen LogP contribution in [0.3, 0.4) is 0 Å². The zero-order valence-corrected chi connectivity index (χ0v) is 14.8. The molecule has 2 unspecified atom stereocenters. The van der Waals surface area contributed by atoms with Gasteiger partial charge in [-0.25, -0.2) is 0 Å². The van der Waals surface area contributed by atoms with E-state index in [2.05, 4.69) is 15.9 Å². The molecule has 0 bridgehead atoms. The van der Waals surface area contributed by atoms with E-state index < -0.39 is 16.9 Å². The number of aryl methyl sites for hydroxylation is 2. The van der Waals surface area contributed by atoms with Gasteiger partial charge in [-0.2, -0.15) is 0 Å². The van der Waals surface area contributed by atoms with Gasteiger partial charge in [0.15, 0.2) is 0 Å². The van der Waals surface area contributed by atoms with E-state index in [1.807, 2.05) is 32.0 Å². The van der Waals surface area contributed by atoms with Crippen molar-refractivity contribution in [2.24, 2.45) is 0 Å². The number of rotatable bonds is 5. The first-order chi connectivity index (χ1) is 10.9.